The minimum absolute atomic E-state index is 0.0677. The average molecular weight is 245 g/mol. The van der Waals surface area contributed by atoms with Crippen LogP contribution in [0.15, 0.2) is 5.11 Å². The van der Waals surface area contributed by atoms with Gasteiger partial charge in [-0.25, -0.2) is 0 Å². The van der Waals surface area contributed by atoms with Crippen LogP contribution in [-0.2, 0) is 14.2 Å². The highest BCUT2D eigenvalue weighted by Gasteiger charge is 2.53. The Labute approximate surface area is 97.7 Å². The van der Waals surface area contributed by atoms with Crippen molar-refractivity contribution in [3.05, 3.63) is 10.4 Å². The Hall–Kier alpha value is -0.890. The summed E-state index contributed by atoms with van der Waals surface area (Å²) >= 11 is 0. The van der Waals surface area contributed by atoms with Crippen LogP contribution in [0.2, 0.25) is 0 Å². The molecule has 2 aliphatic heterocycles. The lowest BCUT2D eigenvalue weighted by Gasteiger charge is -2.37. The summed E-state index contributed by atoms with van der Waals surface area (Å²) < 4.78 is 16.3. The number of ether oxygens (including phenoxy) is 3. The van der Waals surface area contributed by atoms with Gasteiger partial charge in [-0.1, -0.05) is 5.11 Å². The van der Waals surface area contributed by atoms with Crippen LogP contribution in [-0.4, -0.2) is 53.3 Å². The van der Waals surface area contributed by atoms with Crippen molar-refractivity contribution in [1.82, 2.24) is 0 Å². The van der Waals surface area contributed by atoms with Gasteiger partial charge in [0.2, 0.25) is 0 Å². The van der Waals surface area contributed by atoms with Crippen molar-refractivity contribution in [3.8, 4) is 0 Å². The van der Waals surface area contributed by atoms with Gasteiger partial charge in [-0.2, -0.15) is 0 Å². The first kappa shape index (κ1) is 12.6. The van der Waals surface area contributed by atoms with E-state index in [1.165, 1.54) is 0 Å². The summed E-state index contributed by atoms with van der Waals surface area (Å²) in [6.07, 6.45) is -4.59. The molecule has 0 aromatic heterocycles. The number of hydrogen-bond donors (Lipinski definition) is 2. The molecule has 8 nitrogen and oxygen atoms in total. The summed E-state index contributed by atoms with van der Waals surface area (Å²) in [5.74, 6) is -0.872. The molecule has 2 N–H and O–H groups in total. The van der Waals surface area contributed by atoms with Crippen molar-refractivity contribution in [1.29, 1.82) is 0 Å². The van der Waals surface area contributed by atoms with E-state index in [4.69, 9.17) is 19.7 Å². The zero-order chi connectivity index (χ0) is 12.6. The number of nitrogens with zero attached hydrogens (tertiary/aromatic N) is 3. The maximum atomic E-state index is 9.88. The van der Waals surface area contributed by atoms with Crippen LogP contribution in [0.5, 0.6) is 0 Å². The number of hydrogen-bond acceptors (Lipinski definition) is 6. The molecule has 5 atom stereocenters. The first-order valence-electron chi connectivity index (χ1n) is 5.33. The second-order valence-electron chi connectivity index (χ2n) is 4.54. The van der Waals surface area contributed by atoms with E-state index in [1.807, 2.05) is 0 Å². The monoisotopic (exact) mass is 245 g/mol. The standard InChI is InChI=1S/C9H15N3O5/c1-9(2)16-7-6(14)5(13)4(3-11-12-10)15-8(7)17-9/h4-8,13-14H,3H2,1-2H3/t4-,5-,6-,7-,8-/m1/s1. The second-order valence-corrected chi connectivity index (χ2v) is 4.54. The molecule has 0 bridgehead atoms. The highest BCUT2D eigenvalue weighted by atomic mass is 16.8. The summed E-state index contributed by atoms with van der Waals surface area (Å²) in [5.41, 5.74) is 8.22. The van der Waals surface area contributed by atoms with Gasteiger partial charge in [-0.15, -0.1) is 0 Å². The van der Waals surface area contributed by atoms with E-state index in [-0.39, 0.29) is 6.54 Å². The summed E-state index contributed by atoms with van der Waals surface area (Å²) in [5, 5.41) is 23.0. The van der Waals surface area contributed by atoms with Gasteiger partial charge in [-0.3, -0.25) is 0 Å². The molecule has 17 heavy (non-hydrogen) atoms. The van der Waals surface area contributed by atoms with Gasteiger partial charge in [0.1, 0.15) is 18.3 Å². The highest BCUT2D eigenvalue weighted by Crippen LogP contribution is 2.36. The molecule has 0 amide bonds. The van der Waals surface area contributed by atoms with Crippen LogP contribution >= 0.6 is 0 Å². The molecule has 0 unspecified atom stereocenters. The number of aliphatic hydroxyl groups is 2. The maximum Gasteiger partial charge on any atom is 0.190 e. The van der Waals surface area contributed by atoms with Crippen molar-refractivity contribution in [2.75, 3.05) is 6.54 Å². The van der Waals surface area contributed by atoms with Gasteiger partial charge < -0.3 is 24.4 Å². The maximum absolute atomic E-state index is 9.88. The van der Waals surface area contributed by atoms with E-state index < -0.39 is 36.5 Å². The summed E-state index contributed by atoms with van der Waals surface area (Å²) in [6, 6.07) is 0. The average Bonchev–Trinajstić information content (AvgIpc) is 2.57. The van der Waals surface area contributed by atoms with Gasteiger partial charge in [0, 0.05) is 4.91 Å². The van der Waals surface area contributed by atoms with Crippen molar-refractivity contribution in [2.45, 2.75) is 50.3 Å². The number of rotatable bonds is 2. The molecule has 2 aliphatic rings. The fraction of sp³-hybridized carbons (Fsp3) is 1.00. The van der Waals surface area contributed by atoms with Crippen LogP contribution in [0.3, 0.4) is 0 Å². The summed E-state index contributed by atoms with van der Waals surface area (Å²) in [4.78, 5) is 2.58. The molecular weight excluding hydrogens is 230 g/mol. The van der Waals surface area contributed by atoms with Crippen LogP contribution < -0.4 is 0 Å². The van der Waals surface area contributed by atoms with E-state index in [9.17, 15) is 10.2 Å². The Bertz CT molecular complexity index is 344. The Kier molecular flexibility index (Phi) is 3.26. The summed E-state index contributed by atoms with van der Waals surface area (Å²) in [7, 11) is 0. The minimum atomic E-state index is -1.17. The Balaban J connectivity index is 2.10. The lowest BCUT2D eigenvalue weighted by molar-refractivity contribution is -0.247. The van der Waals surface area contributed by atoms with E-state index in [0.717, 1.165) is 0 Å². The first-order chi connectivity index (χ1) is 7.94. The smallest absolute Gasteiger partial charge is 0.190 e. The zero-order valence-corrected chi connectivity index (χ0v) is 9.55. The van der Waals surface area contributed by atoms with Gasteiger partial charge in [0.25, 0.3) is 0 Å². The molecule has 2 saturated heterocycles. The normalized spacial score (nSPS) is 43.9. The third-order valence-electron chi connectivity index (χ3n) is 2.79. The third kappa shape index (κ3) is 2.37. The molecule has 0 radical (unpaired) electrons. The summed E-state index contributed by atoms with van der Waals surface area (Å²) in [6.45, 7) is 3.31. The van der Waals surface area contributed by atoms with Crippen molar-refractivity contribution in [2.24, 2.45) is 5.11 Å². The second kappa shape index (κ2) is 4.41. The minimum Gasteiger partial charge on any atom is -0.388 e. The van der Waals surface area contributed by atoms with Crippen molar-refractivity contribution in [3.63, 3.8) is 0 Å². The van der Waals surface area contributed by atoms with Crippen LogP contribution in [0.25, 0.3) is 10.4 Å². The molecule has 2 heterocycles. The topological polar surface area (TPSA) is 117 Å². The van der Waals surface area contributed by atoms with Gasteiger partial charge >= 0.3 is 0 Å². The molecule has 96 valence electrons. The van der Waals surface area contributed by atoms with E-state index in [2.05, 4.69) is 10.0 Å². The van der Waals surface area contributed by atoms with Gasteiger partial charge in [0.15, 0.2) is 12.1 Å². The molecule has 2 rings (SSSR count). The Morgan fingerprint density at radius 3 is 2.65 bits per heavy atom. The molecule has 0 spiro atoms. The molecule has 0 aromatic rings. The van der Waals surface area contributed by atoms with Crippen molar-refractivity contribution < 1.29 is 24.4 Å². The molecule has 0 saturated carbocycles. The predicted molar refractivity (Wildman–Crippen MR) is 54.7 cm³/mol. The quantitative estimate of drug-likeness (QED) is 0.400. The van der Waals surface area contributed by atoms with Crippen LogP contribution in [0.1, 0.15) is 13.8 Å². The van der Waals surface area contributed by atoms with Crippen molar-refractivity contribution >= 4 is 0 Å². The van der Waals surface area contributed by atoms with Gasteiger partial charge in [-0.05, 0) is 19.4 Å². The number of fused-ring (bicyclic) bond motifs is 1. The molecular formula is C9H15N3O5. The SMILES string of the molecule is CC1(C)O[C@H]2O[C@H](CN=[N+]=[N-])[C@@H](O)[C@@H](O)[C@H]2O1. The van der Waals surface area contributed by atoms with Gasteiger partial charge in [0.05, 0.1) is 12.6 Å². The Morgan fingerprint density at radius 2 is 2.00 bits per heavy atom. The zero-order valence-electron chi connectivity index (χ0n) is 9.55. The predicted octanol–water partition coefficient (Wildman–Crippen LogP) is -0.105. The highest BCUT2D eigenvalue weighted by molar-refractivity contribution is 4.94. The lowest BCUT2D eigenvalue weighted by atomic mass is 9.99. The fourth-order valence-electron chi connectivity index (χ4n) is 2.03. The lowest BCUT2D eigenvalue weighted by Crippen LogP contribution is -2.57. The largest absolute Gasteiger partial charge is 0.388 e. The fourth-order valence-corrected chi connectivity index (χ4v) is 2.03. The molecule has 8 heteroatoms. The van der Waals surface area contributed by atoms with Crippen LogP contribution in [0.4, 0.5) is 0 Å². The Morgan fingerprint density at radius 1 is 1.29 bits per heavy atom. The first-order valence-corrected chi connectivity index (χ1v) is 5.33. The number of azide groups is 1. The number of aliphatic hydroxyl groups excluding tert-OH is 2. The molecule has 0 aromatic carbocycles. The van der Waals surface area contributed by atoms with Crippen LogP contribution in [0, 0.1) is 0 Å². The van der Waals surface area contributed by atoms with E-state index >= 15 is 0 Å². The molecule has 2 fully saturated rings. The van der Waals surface area contributed by atoms with E-state index in [0.29, 0.717) is 0 Å². The van der Waals surface area contributed by atoms with E-state index in [1.54, 1.807) is 13.8 Å². The third-order valence-corrected chi connectivity index (χ3v) is 2.79. The molecule has 0 aliphatic carbocycles.